The summed E-state index contributed by atoms with van der Waals surface area (Å²) in [5.41, 5.74) is 2.47. The number of rotatable bonds is 6. The average molecular weight is 404 g/mol. The highest BCUT2D eigenvalue weighted by Gasteiger charge is 2.27. The lowest BCUT2D eigenvalue weighted by Crippen LogP contribution is -2.45. The van der Waals surface area contributed by atoms with Crippen molar-refractivity contribution in [1.29, 1.82) is 0 Å². The van der Waals surface area contributed by atoms with E-state index in [2.05, 4.69) is 10.5 Å². The number of halogens is 2. The Hall–Kier alpha value is -2.60. The molecule has 0 aliphatic carbocycles. The standard InChI is InChI=1S/C21H23ClFN3O2/c1-14(2)24-21(27)26(12-15-4-3-5-18(23)10-15)13-19-11-20(25-28-19)16-6-8-17(22)9-7-16/h3-10,14,19H,11-13H2,1-2H3,(H,24,27)/t19-/m0/s1. The van der Waals surface area contributed by atoms with Gasteiger partial charge in [-0.3, -0.25) is 0 Å². The van der Waals surface area contributed by atoms with Crippen LogP contribution in [0.25, 0.3) is 0 Å². The second kappa shape index (κ2) is 9.06. The van der Waals surface area contributed by atoms with Crippen molar-refractivity contribution in [2.24, 2.45) is 5.16 Å². The molecule has 2 amide bonds. The van der Waals surface area contributed by atoms with E-state index < -0.39 is 0 Å². The van der Waals surface area contributed by atoms with Gasteiger partial charge in [0.1, 0.15) is 5.82 Å². The first kappa shape index (κ1) is 20.1. The van der Waals surface area contributed by atoms with E-state index in [9.17, 15) is 9.18 Å². The molecule has 2 aromatic carbocycles. The minimum absolute atomic E-state index is 0.00659. The van der Waals surface area contributed by atoms with Crippen LogP contribution < -0.4 is 5.32 Å². The van der Waals surface area contributed by atoms with Gasteiger partial charge in [0.05, 0.1) is 12.3 Å². The van der Waals surface area contributed by atoms with Crippen LogP contribution in [0.5, 0.6) is 0 Å². The lowest BCUT2D eigenvalue weighted by molar-refractivity contribution is 0.0586. The monoisotopic (exact) mass is 403 g/mol. The summed E-state index contributed by atoms with van der Waals surface area (Å²) in [7, 11) is 0. The molecule has 0 bridgehead atoms. The van der Waals surface area contributed by atoms with Gasteiger partial charge in [-0.15, -0.1) is 0 Å². The molecule has 0 unspecified atom stereocenters. The highest BCUT2D eigenvalue weighted by atomic mass is 35.5. The predicted octanol–water partition coefficient (Wildman–Crippen LogP) is 4.59. The molecule has 1 aliphatic rings. The third-order valence-corrected chi connectivity index (χ3v) is 4.55. The summed E-state index contributed by atoms with van der Waals surface area (Å²) in [6.45, 7) is 4.42. The fourth-order valence-corrected chi connectivity index (χ4v) is 3.12. The second-order valence-corrected chi connectivity index (χ2v) is 7.53. The van der Waals surface area contributed by atoms with Crippen LogP contribution >= 0.6 is 11.6 Å². The summed E-state index contributed by atoms with van der Waals surface area (Å²) < 4.78 is 13.5. The van der Waals surface area contributed by atoms with E-state index in [0.29, 0.717) is 18.0 Å². The number of nitrogens with one attached hydrogen (secondary N) is 1. The van der Waals surface area contributed by atoms with Crippen molar-refractivity contribution in [2.75, 3.05) is 6.54 Å². The summed E-state index contributed by atoms with van der Waals surface area (Å²) in [6, 6.07) is 13.4. The Labute approximate surface area is 169 Å². The van der Waals surface area contributed by atoms with Gasteiger partial charge in [0.15, 0.2) is 6.10 Å². The molecular formula is C21H23ClFN3O2. The van der Waals surface area contributed by atoms with Crippen molar-refractivity contribution in [1.82, 2.24) is 10.2 Å². The van der Waals surface area contributed by atoms with E-state index in [4.69, 9.17) is 16.4 Å². The van der Waals surface area contributed by atoms with Crippen molar-refractivity contribution in [3.8, 4) is 0 Å². The van der Waals surface area contributed by atoms with Gasteiger partial charge in [-0.2, -0.15) is 0 Å². The number of carbonyl (C=O) groups is 1. The number of benzene rings is 2. The molecule has 5 nitrogen and oxygen atoms in total. The van der Waals surface area contributed by atoms with E-state index in [0.717, 1.165) is 16.8 Å². The minimum Gasteiger partial charge on any atom is -0.390 e. The molecule has 148 valence electrons. The van der Waals surface area contributed by atoms with Gasteiger partial charge in [0, 0.05) is 24.0 Å². The van der Waals surface area contributed by atoms with Gasteiger partial charge in [0.25, 0.3) is 0 Å². The maximum Gasteiger partial charge on any atom is 0.318 e. The smallest absolute Gasteiger partial charge is 0.318 e. The molecule has 0 saturated carbocycles. The first-order valence-corrected chi connectivity index (χ1v) is 9.57. The average Bonchev–Trinajstić information content (AvgIpc) is 3.10. The molecule has 0 spiro atoms. The maximum absolute atomic E-state index is 13.5. The van der Waals surface area contributed by atoms with Gasteiger partial charge in [-0.25, -0.2) is 9.18 Å². The van der Waals surface area contributed by atoms with Gasteiger partial charge in [0.2, 0.25) is 0 Å². The lowest BCUT2D eigenvalue weighted by atomic mass is 10.0. The summed E-state index contributed by atoms with van der Waals surface area (Å²) in [5.74, 6) is -0.327. The van der Waals surface area contributed by atoms with E-state index in [1.165, 1.54) is 12.1 Å². The van der Waals surface area contributed by atoms with Gasteiger partial charge in [-0.05, 0) is 49.2 Å². The topological polar surface area (TPSA) is 53.9 Å². The zero-order chi connectivity index (χ0) is 20.1. The molecule has 3 rings (SSSR count). The van der Waals surface area contributed by atoms with E-state index in [-0.39, 0.29) is 30.5 Å². The highest BCUT2D eigenvalue weighted by molar-refractivity contribution is 6.30. The quantitative estimate of drug-likeness (QED) is 0.766. The Bertz CT molecular complexity index is 855. The van der Waals surface area contributed by atoms with Crippen LogP contribution in [0.4, 0.5) is 9.18 Å². The summed E-state index contributed by atoms with van der Waals surface area (Å²) in [6.07, 6.45) is 0.313. The Morgan fingerprint density at radius 1 is 1.32 bits per heavy atom. The summed E-state index contributed by atoms with van der Waals surface area (Å²) in [5, 5.41) is 7.71. The highest BCUT2D eigenvalue weighted by Crippen LogP contribution is 2.20. The first-order chi connectivity index (χ1) is 13.4. The van der Waals surface area contributed by atoms with Gasteiger partial charge >= 0.3 is 6.03 Å². The molecule has 0 radical (unpaired) electrons. The zero-order valence-corrected chi connectivity index (χ0v) is 16.6. The van der Waals surface area contributed by atoms with E-state index in [1.54, 1.807) is 29.2 Å². The predicted molar refractivity (Wildman–Crippen MR) is 108 cm³/mol. The molecule has 0 fully saturated rings. The van der Waals surface area contributed by atoms with Crippen LogP contribution in [-0.4, -0.2) is 35.3 Å². The van der Waals surface area contributed by atoms with Gasteiger partial charge < -0.3 is 15.1 Å². The van der Waals surface area contributed by atoms with Crippen molar-refractivity contribution < 1.29 is 14.0 Å². The molecule has 0 aromatic heterocycles. The molecule has 1 N–H and O–H groups in total. The molecule has 28 heavy (non-hydrogen) atoms. The van der Waals surface area contributed by atoms with Crippen molar-refractivity contribution >= 4 is 23.3 Å². The Kier molecular flexibility index (Phi) is 6.52. The number of amides is 2. The fourth-order valence-electron chi connectivity index (χ4n) is 3.00. The first-order valence-electron chi connectivity index (χ1n) is 9.19. The van der Waals surface area contributed by atoms with Crippen LogP contribution in [0.15, 0.2) is 53.7 Å². The van der Waals surface area contributed by atoms with Crippen molar-refractivity contribution in [2.45, 2.75) is 39.0 Å². The molecule has 7 heteroatoms. The number of carbonyl (C=O) groups excluding carboxylic acids is 1. The van der Waals surface area contributed by atoms with Crippen molar-refractivity contribution in [3.63, 3.8) is 0 Å². The number of oxime groups is 1. The number of urea groups is 1. The summed E-state index contributed by atoms with van der Waals surface area (Å²) in [4.78, 5) is 19.8. The number of hydrogen-bond donors (Lipinski definition) is 1. The van der Waals surface area contributed by atoms with Crippen LogP contribution in [0, 0.1) is 5.82 Å². The van der Waals surface area contributed by atoms with Crippen LogP contribution in [0.3, 0.4) is 0 Å². The third-order valence-electron chi connectivity index (χ3n) is 4.30. The van der Waals surface area contributed by atoms with Crippen LogP contribution in [0.1, 0.15) is 31.4 Å². The molecule has 1 heterocycles. The molecule has 1 atom stereocenters. The largest absolute Gasteiger partial charge is 0.390 e. The second-order valence-electron chi connectivity index (χ2n) is 7.09. The van der Waals surface area contributed by atoms with E-state index in [1.807, 2.05) is 26.0 Å². The molecule has 1 aliphatic heterocycles. The van der Waals surface area contributed by atoms with Gasteiger partial charge in [-0.1, -0.05) is 41.0 Å². The SMILES string of the molecule is CC(C)NC(=O)N(Cc1cccc(F)c1)C[C@@H]1CC(c2ccc(Cl)cc2)=NO1. The summed E-state index contributed by atoms with van der Waals surface area (Å²) >= 11 is 5.93. The van der Waals surface area contributed by atoms with E-state index >= 15 is 0 Å². The molecular weight excluding hydrogens is 381 g/mol. The minimum atomic E-state index is -0.327. The van der Waals surface area contributed by atoms with Crippen molar-refractivity contribution in [3.05, 3.63) is 70.5 Å². The Morgan fingerprint density at radius 3 is 2.75 bits per heavy atom. The normalized spacial score (nSPS) is 15.9. The molecule has 0 saturated heterocycles. The lowest BCUT2D eigenvalue weighted by Gasteiger charge is -2.26. The van der Waals surface area contributed by atoms with Crippen LogP contribution in [0.2, 0.25) is 5.02 Å². The Morgan fingerprint density at radius 2 is 2.07 bits per heavy atom. The maximum atomic E-state index is 13.5. The molecule has 2 aromatic rings. The Balaban J connectivity index is 1.67. The number of hydrogen-bond acceptors (Lipinski definition) is 3. The number of nitrogens with zero attached hydrogens (tertiary/aromatic N) is 2. The van der Waals surface area contributed by atoms with Crippen LogP contribution in [-0.2, 0) is 11.4 Å². The third kappa shape index (κ3) is 5.45. The zero-order valence-electron chi connectivity index (χ0n) is 15.9. The fraction of sp³-hybridized carbons (Fsp3) is 0.333.